The number of aromatic nitrogens is 1. The third kappa shape index (κ3) is 3.28. The summed E-state index contributed by atoms with van der Waals surface area (Å²) in [5.41, 5.74) is 2.05. The fourth-order valence-electron chi connectivity index (χ4n) is 2.54. The van der Waals surface area contributed by atoms with E-state index in [9.17, 15) is 8.42 Å². The van der Waals surface area contributed by atoms with E-state index >= 15 is 0 Å². The molecule has 0 saturated carbocycles. The van der Waals surface area contributed by atoms with Gasteiger partial charge in [0.25, 0.3) is 10.1 Å². The van der Waals surface area contributed by atoms with E-state index < -0.39 is 10.1 Å². The van der Waals surface area contributed by atoms with E-state index in [1.165, 1.54) is 0 Å². The second-order valence-electron chi connectivity index (χ2n) is 5.43. The highest BCUT2D eigenvalue weighted by atomic mass is 32.2. The van der Waals surface area contributed by atoms with E-state index in [0.717, 1.165) is 17.8 Å². The molecule has 0 spiro atoms. The van der Waals surface area contributed by atoms with E-state index in [0.29, 0.717) is 13.0 Å². The van der Waals surface area contributed by atoms with Crippen LogP contribution in [0.1, 0.15) is 12.0 Å². The number of hydrogen-bond acceptors (Lipinski definition) is 5. The summed E-state index contributed by atoms with van der Waals surface area (Å²) in [6, 6.07) is 10.5. The largest absolute Gasteiger partial charge is 0.369 e. The molecule has 116 valence electrons. The molecule has 5 nitrogen and oxygen atoms in total. The third-order valence-corrected chi connectivity index (χ3v) is 5.12. The maximum Gasteiger partial charge on any atom is 0.297 e. The van der Waals surface area contributed by atoms with E-state index in [-0.39, 0.29) is 11.0 Å². The molecule has 1 unspecified atom stereocenters. The van der Waals surface area contributed by atoms with Crippen LogP contribution in [0.3, 0.4) is 0 Å². The fourth-order valence-corrected chi connectivity index (χ4v) is 3.63. The zero-order valence-electron chi connectivity index (χ0n) is 12.3. The van der Waals surface area contributed by atoms with Crippen LogP contribution in [0.4, 0.5) is 5.69 Å². The van der Waals surface area contributed by atoms with Crippen LogP contribution >= 0.6 is 0 Å². The molecule has 3 rings (SSSR count). The fraction of sp³-hybridized carbons (Fsp3) is 0.312. The first-order valence-corrected chi connectivity index (χ1v) is 8.60. The Morgan fingerprint density at radius 3 is 2.50 bits per heavy atom. The predicted molar refractivity (Wildman–Crippen MR) is 84.3 cm³/mol. The van der Waals surface area contributed by atoms with Crippen molar-refractivity contribution in [1.29, 1.82) is 0 Å². The van der Waals surface area contributed by atoms with Crippen molar-refractivity contribution in [2.75, 3.05) is 18.0 Å². The first-order valence-electron chi connectivity index (χ1n) is 7.19. The van der Waals surface area contributed by atoms with Crippen molar-refractivity contribution >= 4 is 15.8 Å². The Kier molecular flexibility index (Phi) is 4.13. The molecule has 2 aromatic rings. The lowest BCUT2D eigenvalue weighted by molar-refractivity contribution is 0.232. The van der Waals surface area contributed by atoms with Crippen molar-refractivity contribution in [2.45, 2.75) is 24.3 Å². The third-order valence-electron chi connectivity index (χ3n) is 3.75. The Bertz CT molecular complexity index is 730. The normalized spacial score (nSPS) is 18.6. The topological polar surface area (TPSA) is 59.5 Å². The molecular weight excluding hydrogens is 300 g/mol. The minimum absolute atomic E-state index is 0.209. The van der Waals surface area contributed by atoms with Gasteiger partial charge in [-0.15, -0.1) is 0 Å². The highest BCUT2D eigenvalue weighted by molar-refractivity contribution is 7.86. The average molecular weight is 318 g/mol. The minimum Gasteiger partial charge on any atom is -0.369 e. The van der Waals surface area contributed by atoms with E-state index in [4.69, 9.17) is 4.18 Å². The van der Waals surface area contributed by atoms with Gasteiger partial charge in [-0.05, 0) is 37.6 Å². The number of anilines is 1. The van der Waals surface area contributed by atoms with Gasteiger partial charge in [0, 0.05) is 31.2 Å². The molecule has 0 radical (unpaired) electrons. The van der Waals surface area contributed by atoms with Gasteiger partial charge in [0.05, 0.1) is 11.0 Å². The molecule has 6 heteroatoms. The van der Waals surface area contributed by atoms with Gasteiger partial charge in [0.15, 0.2) is 0 Å². The Morgan fingerprint density at radius 2 is 1.82 bits per heavy atom. The molecule has 0 aliphatic carbocycles. The zero-order chi connectivity index (χ0) is 15.6. The van der Waals surface area contributed by atoms with Gasteiger partial charge in [0.1, 0.15) is 0 Å². The Hall–Kier alpha value is -1.92. The molecule has 1 aliphatic heterocycles. The molecule has 0 amide bonds. The second kappa shape index (κ2) is 6.06. The van der Waals surface area contributed by atoms with Gasteiger partial charge < -0.3 is 4.90 Å². The van der Waals surface area contributed by atoms with Crippen molar-refractivity contribution in [3.05, 3.63) is 54.4 Å². The molecular formula is C16H18N2O3S. The van der Waals surface area contributed by atoms with Crippen LogP contribution in [-0.4, -0.2) is 32.6 Å². The quantitative estimate of drug-likeness (QED) is 0.810. The lowest BCUT2D eigenvalue weighted by atomic mass is 10.2. The van der Waals surface area contributed by atoms with E-state index in [1.54, 1.807) is 36.7 Å². The summed E-state index contributed by atoms with van der Waals surface area (Å²) >= 11 is 0. The average Bonchev–Trinajstić information content (AvgIpc) is 2.96. The first kappa shape index (κ1) is 15.0. The van der Waals surface area contributed by atoms with Crippen molar-refractivity contribution in [3.63, 3.8) is 0 Å². The lowest BCUT2D eigenvalue weighted by Gasteiger charge is -2.18. The van der Waals surface area contributed by atoms with Crippen LogP contribution in [0.25, 0.3) is 0 Å². The summed E-state index contributed by atoms with van der Waals surface area (Å²) < 4.78 is 30.0. The monoisotopic (exact) mass is 318 g/mol. The predicted octanol–water partition coefficient (Wildman–Crippen LogP) is 2.37. The van der Waals surface area contributed by atoms with Crippen molar-refractivity contribution < 1.29 is 12.6 Å². The van der Waals surface area contributed by atoms with Crippen LogP contribution in [0, 0.1) is 6.92 Å². The summed E-state index contributed by atoms with van der Waals surface area (Å²) in [4.78, 5) is 6.31. The minimum atomic E-state index is -3.71. The van der Waals surface area contributed by atoms with Gasteiger partial charge in [-0.1, -0.05) is 17.7 Å². The number of aryl methyl sites for hydroxylation is 1. The molecule has 2 heterocycles. The summed E-state index contributed by atoms with van der Waals surface area (Å²) in [5, 5.41) is 0. The number of hydrogen-bond donors (Lipinski definition) is 0. The number of nitrogens with zero attached hydrogens (tertiary/aromatic N) is 2. The van der Waals surface area contributed by atoms with Gasteiger partial charge in [-0.3, -0.25) is 9.17 Å². The summed E-state index contributed by atoms with van der Waals surface area (Å²) in [6.07, 6.45) is 3.83. The van der Waals surface area contributed by atoms with Gasteiger partial charge in [-0.2, -0.15) is 8.42 Å². The van der Waals surface area contributed by atoms with Crippen molar-refractivity contribution in [2.24, 2.45) is 0 Å². The number of benzene rings is 1. The second-order valence-corrected chi connectivity index (χ2v) is 7.00. The molecule has 1 fully saturated rings. The smallest absolute Gasteiger partial charge is 0.297 e. The van der Waals surface area contributed by atoms with E-state index in [1.807, 2.05) is 19.1 Å². The molecule has 1 aromatic heterocycles. The standard InChI is InChI=1S/C16H18N2O3S/c1-13-2-4-16(5-3-13)22(19,20)21-15-8-11-18(12-15)14-6-9-17-10-7-14/h2-7,9-10,15H,8,11-12H2,1H3. The van der Waals surface area contributed by atoms with E-state index in [2.05, 4.69) is 9.88 Å². The van der Waals surface area contributed by atoms with Gasteiger partial charge in [0.2, 0.25) is 0 Å². The van der Waals surface area contributed by atoms with Crippen LogP contribution < -0.4 is 4.90 Å². The highest BCUT2D eigenvalue weighted by Crippen LogP contribution is 2.24. The van der Waals surface area contributed by atoms with Crippen LogP contribution in [-0.2, 0) is 14.3 Å². The summed E-state index contributed by atoms with van der Waals surface area (Å²) in [5.74, 6) is 0. The summed E-state index contributed by atoms with van der Waals surface area (Å²) in [7, 11) is -3.71. The summed E-state index contributed by atoms with van der Waals surface area (Å²) in [6.45, 7) is 3.26. The Balaban J connectivity index is 1.68. The SMILES string of the molecule is Cc1ccc(S(=O)(=O)OC2CCN(c3ccncc3)C2)cc1. The molecule has 1 aliphatic rings. The Morgan fingerprint density at radius 1 is 1.14 bits per heavy atom. The Labute approximate surface area is 130 Å². The van der Waals surface area contributed by atoms with Crippen LogP contribution in [0.15, 0.2) is 53.7 Å². The van der Waals surface area contributed by atoms with Gasteiger partial charge in [-0.25, -0.2) is 0 Å². The lowest BCUT2D eigenvalue weighted by Crippen LogP contribution is -2.24. The molecule has 0 N–H and O–H groups in total. The first-order chi connectivity index (χ1) is 10.5. The van der Waals surface area contributed by atoms with Crippen LogP contribution in [0.5, 0.6) is 0 Å². The maximum absolute atomic E-state index is 12.3. The van der Waals surface area contributed by atoms with Crippen molar-refractivity contribution in [1.82, 2.24) is 4.98 Å². The van der Waals surface area contributed by atoms with Gasteiger partial charge >= 0.3 is 0 Å². The molecule has 22 heavy (non-hydrogen) atoms. The molecule has 1 saturated heterocycles. The highest BCUT2D eigenvalue weighted by Gasteiger charge is 2.28. The van der Waals surface area contributed by atoms with Crippen molar-refractivity contribution in [3.8, 4) is 0 Å². The number of pyridine rings is 1. The molecule has 1 atom stereocenters. The maximum atomic E-state index is 12.3. The molecule has 1 aromatic carbocycles. The number of rotatable bonds is 4. The zero-order valence-corrected chi connectivity index (χ0v) is 13.2. The van der Waals surface area contributed by atoms with Crippen LogP contribution in [0.2, 0.25) is 0 Å². The molecule has 0 bridgehead atoms.